The first-order chi connectivity index (χ1) is 6.83. The summed E-state index contributed by atoms with van der Waals surface area (Å²) in [5.74, 6) is 0.167. The Kier molecular flexibility index (Phi) is 8.76. The molecule has 1 saturated heterocycles. The van der Waals surface area contributed by atoms with Crippen LogP contribution in [0.2, 0.25) is 0 Å². The number of hydrogen-bond donors (Lipinski definition) is 1. The van der Waals surface area contributed by atoms with E-state index in [-0.39, 0.29) is 18.3 Å². The van der Waals surface area contributed by atoms with Gasteiger partial charge < -0.3 is 10.1 Å². The second-order valence-corrected chi connectivity index (χ2v) is 3.55. The maximum Gasteiger partial charge on any atom is 0.220 e. The molecule has 0 saturated carbocycles. The quantitative estimate of drug-likeness (QED) is 0.763. The van der Waals surface area contributed by atoms with Crippen LogP contribution in [0.25, 0.3) is 0 Å². The van der Waals surface area contributed by atoms with Gasteiger partial charge >= 0.3 is 0 Å². The average molecular weight is 237 g/mol. The lowest BCUT2D eigenvalue weighted by molar-refractivity contribution is -0.121. The van der Waals surface area contributed by atoms with Crippen LogP contribution in [0.3, 0.4) is 0 Å². The fourth-order valence-electron chi connectivity index (χ4n) is 1.49. The van der Waals surface area contributed by atoms with Gasteiger partial charge in [0.2, 0.25) is 5.91 Å². The Morgan fingerprint density at radius 2 is 2.07 bits per heavy atom. The highest BCUT2D eigenvalue weighted by molar-refractivity contribution is 5.85. The fourth-order valence-corrected chi connectivity index (χ4v) is 1.49. The third kappa shape index (κ3) is 6.71. The summed E-state index contributed by atoms with van der Waals surface area (Å²) in [7, 11) is 0. The van der Waals surface area contributed by atoms with Crippen molar-refractivity contribution in [3.63, 3.8) is 0 Å². The first kappa shape index (κ1) is 14.7. The van der Waals surface area contributed by atoms with E-state index in [1.54, 1.807) is 0 Å². The molecule has 1 aliphatic rings. The van der Waals surface area contributed by atoms with Crippen LogP contribution >= 0.6 is 12.4 Å². The van der Waals surface area contributed by atoms with Crippen LogP contribution in [0.4, 0.5) is 0 Å². The number of nitrogens with one attached hydrogen (secondary N) is 1. The molecule has 0 radical (unpaired) electrons. The summed E-state index contributed by atoms with van der Waals surface area (Å²) < 4.78 is 5.24. The summed E-state index contributed by atoms with van der Waals surface area (Å²) in [6, 6.07) is 0. The summed E-state index contributed by atoms with van der Waals surface area (Å²) >= 11 is 0. The van der Waals surface area contributed by atoms with E-state index in [1.807, 2.05) is 6.92 Å². The molecule has 0 aliphatic carbocycles. The zero-order valence-corrected chi connectivity index (χ0v) is 10.1. The Bertz CT molecular complexity index is 173. The second kappa shape index (κ2) is 8.95. The van der Waals surface area contributed by atoms with E-state index in [0.717, 1.165) is 45.8 Å². The zero-order valence-electron chi connectivity index (χ0n) is 9.33. The predicted molar refractivity (Wildman–Crippen MR) is 62.4 cm³/mol. The van der Waals surface area contributed by atoms with E-state index < -0.39 is 0 Å². The van der Waals surface area contributed by atoms with Gasteiger partial charge in [-0.3, -0.25) is 9.69 Å². The van der Waals surface area contributed by atoms with E-state index in [2.05, 4.69) is 10.2 Å². The van der Waals surface area contributed by atoms with Crippen LogP contribution in [0, 0.1) is 0 Å². The zero-order chi connectivity index (χ0) is 10.2. The molecule has 0 aromatic rings. The molecule has 0 spiro atoms. The first-order valence-corrected chi connectivity index (χ1v) is 5.39. The summed E-state index contributed by atoms with van der Waals surface area (Å²) in [4.78, 5) is 13.4. The molecule has 0 bridgehead atoms. The SMILES string of the molecule is CCCC(=O)NCCN1CCOCC1.Cl. The molecule has 1 aliphatic heterocycles. The highest BCUT2D eigenvalue weighted by Crippen LogP contribution is 1.94. The van der Waals surface area contributed by atoms with E-state index >= 15 is 0 Å². The minimum atomic E-state index is 0. The van der Waals surface area contributed by atoms with Gasteiger partial charge in [0.1, 0.15) is 0 Å². The van der Waals surface area contributed by atoms with Crippen LogP contribution in [0.5, 0.6) is 0 Å². The number of nitrogens with zero attached hydrogens (tertiary/aromatic N) is 1. The maximum atomic E-state index is 11.1. The molecule has 1 amide bonds. The molecule has 0 atom stereocenters. The summed E-state index contributed by atoms with van der Waals surface area (Å²) in [6.45, 7) is 7.35. The van der Waals surface area contributed by atoms with Crippen LogP contribution in [-0.4, -0.2) is 50.2 Å². The lowest BCUT2D eigenvalue weighted by atomic mass is 10.3. The Balaban J connectivity index is 0.00000196. The fraction of sp³-hybridized carbons (Fsp3) is 0.900. The third-order valence-corrected chi connectivity index (χ3v) is 2.33. The van der Waals surface area contributed by atoms with Gasteiger partial charge in [0.25, 0.3) is 0 Å². The molecule has 1 fully saturated rings. The van der Waals surface area contributed by atoms with Crippen molar-refractivity contribution in [3.8, 4) is 0 Å². The summed E-state index contributed by atoms with van der Waals surface area (Å²) in [5.41, 5.74) is 0. The molecular weight excluding hydrogens is 216 g/mol. The third-order valence-electron chi connectivity index (χ3n) is 2.33. The van der Waals surface area contributed by atoms with Gasteiger partial charge in [0, 0.05) is 32.6 Å². The average Bonchev–Trinajstić information content (AvgIpc) is 2.20. The standard InChI is InChI=1S/C10H20N2O2.ClH/c1-2-3-10(13)11-4-5-12-6-8-14-9-7-12;/h2-9H2,1H3,(H,11,13);1H. The number of morpholine rings is 1. The van der Waals surface area contributed by atoms with Crippen LogP contribution in [-0.2, 0) is 9.53 Å². The monoisotopic (exact) mass is 236 g/mol. The maximum absolute atomic E-state index is 11.1. The van der Waals surface area contributed by atoms with Crippen molar-refractivity contribution in [1.29, 1.82) is 0 Å². The Labute approximate surface area is 97.8 Å². The highest BCUT2D eigenvalue weighted by Gasteiger charge is 2.09. The predicted octanol–water partition coefficient (Wildman–Crippen LogP) is 0.657. The number of amides is 1. The summed E-state index contributed by atoms with van der Waals surface area (Å²) in [6.07, 6.45) is 1.56. The van der Waals surface area contributed by atoms with Crippen LogP contribution in [0.15, 0.2) is 0 Å². The van der Waals surface area contributed by atoms with Gasteiger partial charge in [-0.2, -0.15) is 0 Å². The second-order valence-electron chi connectivity index (χ2n) is 3.55. The minimum absolute atomic E-state index is 0. The van der Waals surface area contributed by atoms with Gasteiger partial charge in [0.15, 0.2) is 0 Å². The topological polar surface area (TPSA) is 41.6 Å². The first-order valence-electron chi connectivity index (χ1n) is 5.39. The molecule has 0 unspecified atom stereocenters. The Morgan fingerprint density at radius 1 is 1.40 bits per heavy atom. The van der Waals surface area contributed by atoms with Crippen molar-refractivity contribution in [2.45, 2.75) is 19.8 Å². The molecule has 90 valence electrons. The van der Waals surface area contributed by atoms with Crippen molar-refractivity contribution < 1.29 is 9.53 Å². The highest BCUT2D eigenvalue weighted by atomic mass is 35.5. The molecular formula is C10H21ClN2O2. The van der Waals surface area contributed by atoms with E-state index in [0.29, 0.717) is 6.42 Å². The number of rotatable bonds is 5. The van der Waals surface area contributed by atoms with Gasteiger partial charge in [0.05, 0.1) is 13.2 Å². The number of ether oxygens (including phenoxy) is 1. The van der Waals surface area contributed by atoms with E-state index in [9.17, 15) is 4.79 Å². The number of halogens is 1. The molecule has 5 heteroatoms. The molecule has 1 N–H and O–H groups in total. The van der Waals surface area contributed by atoms with Gasteiger partial charge in [-0.1, -0.05) is 6.92 Å². The normalized spacial score (nSPS) is 16.9. The largest absolute Gasteiger partial charge is 0.379 e. The minimum Gasteiger partial charge on any atom is -0.379 e. The molecule has 1 heterocycles. The van der Waals surface area contributed by atoms with Crippen molar-refractivity contribution in [3.05, 3.63) is 0 Å². The number of carbonyl (C=O) groups is 1. The van der Waals surface area contributed by atoms with Crippen molar-refractivity contribution in [2.24, 2.45) is 0 Å². The molecule has 1 rings (SSSR count). The molecule has 15 heavy (non-hydrogen) atoms. The summed E-state index contributed by atoms with van der Waals surface area (Å²) in [5, 5.41) is 2.91. The Morgan fingerprint density at radius 3 is 2.67 bits per heavy atom. The van der Waals surface area contributed by atoms with Gasteiger partial charge in [-0.25, -0.2) is 0 Å². The molecule has 4 nitrogen and oxygen atoms in total. The van der Waals surface area contributed by atoms with E-state index in [4.69, 9.17) is 4.74 Å². The van der Waals surface area contributed by atoms with Crippen molar-refractivity contribution >= 4 is 18.3 Å². The lowest BCUT2D eigenvalue weighted by Crippen LogP contribution is -2.41. The molecule has 0 aromatic heterocycles. The van der Waals surface area contributed by atoms with Gasteiger partial charge in [-0.05, 0) is 6.42 Å². The van der Waals surface area contributed by atoms with Crippen molar-refractivity contribution in [2.75, 3.05) is 39.4 Å². The van der Waals surface area contributed by atoms with Gasteiger partial charge in [-0.15, -0.1) is 12.4 Å². The van der Waals surface area contributed by atoms with Crippen molar-refractivity contribution in [1.82, 2.24) is 10.2 Å². The van der Waals surface area contributed by atoms with Crippen LogP contribution in [0.1, 0.15) is 19.8 Å². The Hall–Kier alpha value is -0.320. The number of carbonyl (C=O) groups excluding carboxylic acids is 1. The lowest BCUT2D eigenvalue weighted by Gasteiger charge is -2.26. The number of hydrogen-bond acceptors (Lipinski definition) is 3. The van der Waals surface area contributed by atoms with Crippen LogP contribution < -0.4 is 5.32 Å². The smallest absolute Gasteiger partial charge is 0.220 e. The van der Waals surface area contributed by atoms with E-state index in [1.165, 1.54) is 0 Å². The molecule has 0 aromatic carbocycles.